The highest BCUT2D eigenvalue weighted by Gasteiger charge is 1.99. The zero-order chi connectivity index (χ0) is 15.7. The van der Waals surface area contributed by atoms with E-state index in [2.05, 4.69) is 5.10 Å². The lowest BCUT2D eigenvalue weighted by Crippen LogP contribution is -2.02. The quantitative estimate of drug-likeness (QED) is 0.573. The highest BCUT2D eigenvalue weighted by atomic mass is 16.5. The highest BCUT2D eigenvalue weighted by Crippen LogP contribution is 2.23. The molecule has 23 heavy (non-hydrogen) atoms. The molecule has 118 valence electrons. The van der Waals surface area contributed by atoms with Gasteiger partial charge in [-0.15, -0.1) is 0 Å². The molecule has 0 amide bonds. The van der Waals surface area contributed by atoms with E-state index in [4.69, 9.17) is 9.47 Å². The fourth-order valence-electron chi connectivity index (χ4n) is 2.23. The molecule has 0 saturated heterocycles. The Morgan fingerprint density at radius 1 is 0.783 bits per heavy atom. The fourth-order valence-corrected chi connectivity index (χ4v) is 2.23. The maximum absolute atomic E-state index is 5.75. The molecule has 0 atom stereocenters. The Morgan fingerprint density at radius 2 is 1.52 bits per heavy atom. The maximum Gasteiger partial charge on any atom is 0.127 e. The van der Waals surface area contributed by atoms with Gasteiger partial charge in [-0.1, -0.05) is 18.2 Å². The SMILES string of the molecule is c1ccc(Oc2ccc(OCCCCn3cccn3)cc2)cc1. The molecule has 0 spiro atoms. The van der Waals surface area contributed by atoms with Gasteiger partial charge in [0, 0.05) is 18.9 Å². The minimum atomic E-state index is 0.708. The second-order valence-corrected chi connectivity index (χ2v) is 5.21. The number of nitrogens with zero attached hydrogens (tertiary/aromatic N) is 2. The van der Waals surface area contributed by atoms with Gasteiger partial charge in [0.05, 0.1) is 6.61 Å². The van der Waals surface area contributed by atoms with Crippen LogP contribution in [-0.2, 0) is 6.54 Å². The standard InChI is InChI=1S/C19H20N2O2/c1-2-7-18(8-3-1)23-19-11-9-17(10-12-19)22-16-5-4-14-21-15-6-13-20-21/h1-3,6-13,15H,4-5,14,16H2. The van der Waals surface area contributed by atoms with Crippen LogP contribution in [0.15, 0.2) is 73.1 Å². The summed E-state index contributed by atoms with van der Waals surface area (Å²) in [6, 6.07) is 19.4. The third-order valence-electron chi connectivity index (χ3n) is 3.41. The summed E-state index contributed by atoms with van der Waals surface area (Å²) in [7, 11) is 0. The van der Waals surface area contributed by atoms with E-state index < -0.39 is 0 Å². The molecule has 0 aliphatic rings. The third-order valence-corrected chi connectivity index (χ3v) is 3.41. The van der Waals surface area contributed by atoms with Crippen LogP contribution in [-0.4, -0.2) is 16.4 Å². The van der Waals surface area contributed by atoms with E-state index in [9.17, 15) is 0 Å². The molecule has 0 aliphatic carbocycles. The molecule has 0 fully saturated rings. The van der Waals surface area contributed by atoms with Crippen LogP contribution in [0, 0.1) is 0 Å². The van der Waals surface area contributed by atoms with Gasteiger partial charge in [0.25, 0.3) is 0 Å². The number of aromatic nitrogens is 2. The molecule has 0 aliphatic heterocycles. The van der Waals surface area contributed by atoms with Crippen molar-refractivity contribution in [3.05, 3.63) is 73.1 Å². The van der Waals surface area contributed by atoms with Crippen molar-refractivity contribution in [3.63, 3.8) is 0 Å². The first-order valence-electron chi connectivity index (χ1n) is 7.83. The zero-order valence-electron chi connectivity index (χ0n) is 13.0. The smallest absolute Gasteiger partial charge is 0.127 e. The van der Waals surface area contributed by atoms with Crippen LogP contribution < -0.4 is 9.47 Å². The summed E-state index contributed by atoms with van der Waals surface area (Å²) in [5.41, 5.74) is 0. The summed E-state index contributed by atoms with van der Waals surface area (Å²) < 4.78 is 13.4. The largest absolute Gasteiger partial charge is 0.494 e. The summed E-state index contributed by atoms with van der Waals surface area (Å²) >= 11 is 0. The van der Waals surface area contributed by atoms with Crippen molar-refractivity contribution < 1.29 is 9.47 Å². The minimum Gasteiger partial charge on any atom is -0.494 e. The van der Waals surface area contributed by atoms with Gasteiger partial charge in [-0.25, -0.2) is 0 Å². The predicted molar refractivity (Wildman–Crippen MR) is 89.9 cm³/mol. The molecule has 0 N–H and O–H groups in total. The molecule has 3 aromatic rings. The van der Waals surface area contributed by atoms with Gasteiger partial charge in [-0.3, -0.25) is 4.68 Å². The van der Waals surface area contributed by atoms with Gasteiger partial charge < -0.3 is 9.47 Å². The van der Waals surface area contributed by atoms with Gasteiger partial charge in [0.1, 0.15) is 17.2 Å². The van der Waals surface area contributed by atoms with Crippen molar-refractivity contribution in [2.24, 2.45) is 0 Å². The Bertz CT molecular complexity index is 679. The monoisotopic (exact) mass is 308 g/mol. The number of unbranched alkanes of at least 4 members (excludes halogenated alkanes) is 1. The highest BCUT2D eigenvalue weighted by molar-refractivity contribution is 5.35. The molecule has 1 heterocycles. The van der Waals surface area contributed by atoms with E-state index >= 15 is 0 Å². The number of benzene rings is 2. The molecular formula is C19H20N2O2. The molecule has 2 aromatic carbocycles. The van der Waals surface area contributed by atoms with Gasteiger partial charge in [0.15, 0.2) is 0 Å². The van der Waals surface area contributed by atoms with Crippen molar-refractivity contribution in [2.75, 3.05) is 6.61 Å². The number of aryl methyl sites for hydroxylation is 1. The van der Waals surface area contributed by atoms with E-state index in [1.165, 1.54) is 0 Å². The molecule has 0 saturated carbocycles. The number of para-hydroxylation sites is 1. The van der Waals surface area contributed by atoms with Gasteiger partial charge in [-0.05, 0) is 55.3 Å². The van der Waals surface area contributed by atoms with Crippen molar-refractivity contribution in [2.45, 2.75) is 19.4 Å². The van der Waals surface area contributed by atoms with Gasteiger partial charge in [-0.2, -0.15) is 5.10 Å². The Balaban J connectivity index is 1.39. The van der Waals surface area contributed by atoms with Gasteiger partial charge >= 0.3 is 0 Å². The number of hydrogen-bond acceptors (Lipinski definition) is 3. The van der Waals surface area contributed by atoms with E-state index in [-0.39, 0.29) is 0 Å². The van der Waals surface area contributed by atoms with Crippen LogP contribution in [0.25, 0.3) is 0 Å². The van der Waals surface area contributed by atoms with Crippen LogP contribution >= 0.6 is 0 Å². The Hall–Kier alpha value is -2.75. The zero-order valence-corrected chi connectivity index (χ0v) is 13.0. The summed E-state index contributed by atoms with van der Waals surface area (Å²) in [5, 5.41) is 4.18. The first-order chi connectivity index (χ1) is 11.4. The lowest BCUT2D eigenvalue weighted by molar-refractivity contribution is 0.301. The van der Waals surface area contributed by atoms with Crippen molar-refractivity contribution >= 4 is 0 Å². The second kappa shape index (κ2) is 8.03. The van der Waals surface area contributed by atoms with Gasteiger partial charge in [0.2, 0.25) is 0 Å². The first kappa shape index (κ1) is 15.2. The van der Waals surface area contributed by atoms with Crippen LogP contribution in [0.1, 0.15) is 12.8 Å². The molecule has 0 bridgehead atoms. The summed E-state index contributed by atoms with van der Waals surface area (Å²) in [6.45, 7) is 1.64. The van der Waals surface area contributed by atoms with Crippen molar-refractivity contribution in [3.8, 4) is 17.2 Å². The third kappa shape index (κ3) is 4.88. The molecule has 3 rings (SSSR count). The van der Waals surface area contributed by atoms with Crippen LogP contribution in [0.5, 0.6) is 17.2 Å². The molecule has 4 nitrogen and oxygen atoms in total. The molecule has 0 radical (unpaired) electrons. The number of ether oxygens (including phenoxy) is 2. The van der Waals surface area contributed by atoms with Crippen LogP contribution in [0.2, 0.25) is 0 Å². The average Bonchev–Trinajstić information content (AvgIpc) is 3.10. The topological polar surface area (TPSA) is 36.3 Å². The maximum atomic E-state index is 5.75. The van der Waals surface area contributed by atoms with E-state index in [0.717, 1.165) is 36.6 Å². The summed E-state index contributed by atoms with van der Waals surface area (Å²) in [6.07, 6.45) is 5.83. The number of hydrogen-bond donors (Lipinski definition) is 0. The second-order valence-electron chi connectivity index (χ2n) is 5.21. The number of rotatable bonds is 8. The molecule has 0 unspecified atom stereocenters. The molecule has 4 heteroatoms. The van der Waals surface area contributed by atoms with E-state index in [1.54, 1.807) is 6.20 Å². The van der Waals surface area contributed by atoms with Crippen molar-refractivity contribution in [1.29, 1.82) is 0 Å². The van der Waals surface area contributed by atoms with Crippen LogP contribution in [0.4, 0.5) is 0 Å². The van der Waals surface area contributed by atoms with E-state index in [0.29, 0.717) is 6.61 Å². The summed E-state index contributed by atoms with van der Waals surface area (Å²) in [5.74, 6) is 2.51. The lowest BCUT2D eigenvalue weighted by Gasteiger charge is -2.08. The van der Waals surface area contributed by atoms with E-state index in [1.807, 2.05) is 71.5 Å². The Morgan fingerprint density at radius 3 is 2.26 bits per heavy atom. The van der Waals surface area contributed by atoms with Crippen LogP contribution in [0.3, 0.4) is 0 Å². The Kier molecular flexibility index (Phi) is 5.29. The minimum absolute atomic E-state index is 0.708. The first-order valence-corrected chi connectivity index (χ1v) is 7.83. The Labute approximate surface area is 136 Å². The average molecular weight is 308 g/mol. The predicted octanol–water partition coefficient (Wildman–Crippen LogP) is 4.53. The lowest BCUT2D eigenvalue weighted by atomic mass is 10.3. The summed E-state index contributed by atoms with van der Waals surface area (Å²) in [4.78, 5) is 0. The fraction of sp³-hybridized carbons (Fsp3) is 0.211. The molecule has 1 aromatic heterocycles. The van der Waals surface area contributed by atoms with Crippen molar-refractivity contribution in [1.82, 2.24) is 9.78 Å². The molecular weight excluding hydrogens is 288 g/mol. The normalized spacial score (nSPS) is 10.4.